The quantitative estimate of drug-likeness (QED) is 0.843. The number of aliphatic hydroxyl groups is 1. The SMILES string of the molecule is CN1CCN([C@H]2c3ccccc3OC(C)(C)[C@H]2O)CC1. The van der Waals surface area contributed by atoms with Crippen LogP contribution in [0, 0.1) is 0 Å². The number of benzene rings is 1. The minimum Gasteiger partial charge on any atom is -0.485 e. The maximum atomic E-state index is 10.8. The van der Waals surface area contributed by atoms with Gasteiger partial charge in [0, 0.05) is 31.7 Å². The number of ether oxygens (including phenoxy) is 1. The van der Waals surface area contributed by atoms with Crippen molar-refractivity contribution in [3.8, 4) is 5.75 Å². The van der Waals surface area contributed by atoms with Crippen molar-refractivity contribution in [2.75, 3.05) is 33.2 Å². The first-order valence-corrected chi connectivity index (χ1v) is 7.37. The van der Waals surface area contributed by atoms with Crippen molar-refractivity contribution in [3.05, 3.63) is 29.8 Å². The van der Waals surface area contributed by atoms with E-state index in [-0.39, 0.29) is 6.04 Å². The van der Waals surface area contributed by atoms with Crippen LogP contribution in [0.15, 0.2) is 24.3 Å². The molecule has 2 aliphatic heterocycles. The van der Waals surface area contributed by atoms with Crippen molar-refractivity contribution < 1.29 is 9.84 Å². The highest BCUT2D eigenvalue weighted by Gasteiger charge is 2.45. The maximum Gasteiger partial charge on any atom is 0.131 e. The van der Waals surface area contributed by atoms with Gasteiger partial charge in [-0.2, -0.15) is 0 Å². The fourth-order valence-corrected chi connectivity index (χ4v) is 3.21. The minimum atomic E-state index is -0.553. The van der Waals surface area contributed by atoms with Gasteiger partial charge in [0.2, 0.25) is 0 Å². The van der Waals surface area contributed by atoms with Crippen LogP contribution in [0.3, 0.4) is 0 Å². The molecule has 2 atom stereocenters. The molecule has 0 saturated carbocycles. The summed E-state index contributed by atoms with van der Waals surface area (Å²) in [7, 11) is 2.15. The first-order valence-electron chi connectivity index (χ1n) is 7.37. The molecule has 3 rings (SSSR count). The van der Waals surface area contributed by atoms with Crippen LogP contribution in [0.4, 0.5) is 0 Å². The van der Waals surface area contributed by atoms with Gasteiger partial charge in [0.05, 0.1) is 6.04 Å². The second kappa shape index (κ2) is 5.02. The maximum absolute atomic E-state index is 10.8. The van der Waals surface area contributed by atoms with Gasteiger partial charge in [0.15, 0.2) is 0 Å². The topological polar surface area (TPSA) is 35.9 Å². The molecular weight excluding hydrogens is 252 g/mol. The Kier molecular flexibility index (Phi) is 3.48. The Bertz CT molecular complexity index is 481. The average Bonchev–Trinajstić information content (AvgIpc) is 2.41. The van der Waals surface area contributed by atoms with Gasteiger partial charge in [-0.3, -0.25) is 4.90 Å². The Balaban J connectivity index is 1.95. The van der Waals surface area contributed by atoms with E-state index in [4.69, 9.17) is 4.74 Å². The van der Waals surface area contributed by atoms with Gasteiger partial charge in [-0.15, -0.1) is 0 Å². The fourth-order valence-electron chi connectivity index (χ4n) is 3.21. The van der Waals surface area contributed by atoms with Crippen molar-refractivity contribution >= 4 is 0 Å². The number of likely N-dealkylation sites (N-methyl/N-ethyl adjacent to an activating group) is 1. The van der Waals surface area contributed by atoms with E-state index in [1.165, 1.54) is 0 Å². The van der Waals surface area contributed by atoms with Gasteiger partial charge in [-0.05, 0) is 27.0 Å². The molecule has 0 amide bonds. The van der Waals surface area contributed by atoms with Crippen molar-refractivity contribution in [3.63, 3.8) is 0 Å². The summed E-state index contributed by atoms with van der Waals surface area (Å²) >= 11 is 0. The highest BCUT2D eigenvalue weighted by atomic mass is 16.5. The average molecular weight is 276 g/mol. The number of hydrogen-bond acceptors (Lipinski definition) is 4. The summed E-state index contributed by atoms with van der Waals surface area (Å²) in [6, 6.07) is 8.14. The predicted octanol–water partition coefficient (Wildman–Crippen LogP) is 1.51. The van der Waals surface area contributed by atoms with E-state index in [1.54, 1.807) is 0 Å². The van der Waals surface area contributed by atoms with E-state index in [1.807, 2.05) is 32.0 Å². The number of rotatable bonds is 1. The molecule has 0 radical (unpaired) electrons. The van der Waals surface area contributed by atoms with E-state index >= 15 is 0 Å². The molecule has 4 heteroatoms. The van der Waals surface area contributed by atoms with Crippen LogP contribution in [0.5, 0.6) is 5.75 Å². The molecule has 1 aromatic carbocycles. The van der Waals surface area contributed by atoms with Crippen molar-refractivity contribution in [1.29, 1.82) is 0 Å². The van der Waals surface area contributed by atoms with Gasteiger partial charge in [-0.25, -0.2) is 0 Å². The fraction of sp³-hybridized carbons (Fsp3) is 0.625. The largest absolute Gasteiger partial charge is 0.485 e. The number of nitrogens with zero attached hydrogens (tertiary/aromatic N) is 2. The number of fused-ring (bicyclic) bond motifs is 1. The van der Waals surface area contributed by atoms with Crippen LogP contribution in [-0.2, 0) is 0 Å². The summed E-state index contributed by atoms with van der Waals surface area (Å²) in [5, 5.41) is 10.8. The molecule has 0 aromatic heterocycles. The number of aliphatic hydroxyl groups excluding tert-OH is 1. The molecule has 2 heterocycles. The second-order valence-electron chi connectivity index (χ2n) is 6.47. The lowest BCUT2D eigenvalue weighted by atomic mass is 9.85. The van der Waals surface area contributed by atoms with Crippen LogP contribution in [0.25, 0.3) is 0 Å². The smallest absolute Gasteiger partial charge is 0.131 e. The molecule has 0 aliphatic carbocycles. The zero-order valence-corrected chi connectivity index (χ0v) is 12.5. The molecule has 0 bridgehead atoms. The summed E-state index contributed by atoms with van der Waals surface area (Å²) in [5.74, 6) is 0.909. The summed E-state index contributed by atoms with van der Waals surface area (Å²) in [6.45, 7) is 8.01. The van der Waals surface area contributed by atoms with Crippen molar-refractivity contribution in [1.82, 2.24) is 9.80 Å². The van der Waals surface area contributed by atoms with Gasteiger partial charge < -0.3 is 14.7 Å². The number of piperazine rings is 1. The Morgan fingerprint density at radius 1 is 1.15 bits per heavy atom. The molecule has 1 aromatic rings. The van der Waals surface area contributed by atoms with Crippen LogP contribution < -0.4 is 4.74 Å². The minimum absolute atomic E-state index is 0.0312. The Labute approximate surface area is 120 Å². The van der Waals surface area contributed by atoms with Gasteiger partial charge in [0.25, 0.3) is 0 Å². The van der Waals surface area contributed by atoms with Crippen LogP contribution in [0.2, 0.25) is 0 Å². The highest BCUT2D eigenvalue weighted by molar-refractivity contribution is 5.40. The molecule has 2 aliphatic rings. The second-order valence-corrected chi connectivity index (χ2v) is 6.47. The Hall–Kier alpha value is -1.10. The molecule has 1 saturated heterocycles. The zero-order valence-electron chi connectivity index (χ0n) is 12.5. The van der Waals surface area contributed by atoms with Crippen LogP contribution in [-0.4, -0.2) is 59.8 Å². The molecule has 0 spiro atoms. The number of hydrogen-bond donors (Lipinski definition) is 1. The van der Waals surface area contributed by atoms with E-state index in [0.717, 1.165) is 37.5 Å². The highest BCUT2D eigenvalue weighted by Crippen LogP contribution is 2.42. The normalized spacial score (nSPS) is 30.6. The van der Waals surface area contributed by atoms with Crippen LogP contribution >= 0.6 is 0 Å². The van der Waals surface area contributed by atoms with E-state index in [2.05, 4.69) is 22.9 Å². The van der Waals surface area contributed by atoms with Crippen LogP contribution in [0.1, 0.15) is 25.5 Å². The summed E-state index contributed by atoms with van der Waals surface area (Å²) in [6.07, 6.45) is -0.513. The molecule has 20 heavy (non-hydrogen) atoms. The summed E-state index contributed by atoms with van der Waals surface area (Å²) in [4.78, 5) is 4.73. The molecule has 1 N–H and O–H groups in total. The third-order valence-electron chi connectivity index (χ3n) is 4.55. The standard InChI is InChI=1S/C16H24N2O2/c1-16(2)15(19)14(18-10-8-17(3)9-11-18)12-6-4-5-7-13(12)20-16/h4-7,14-15,19H,8-11H2,1-3H3/t14-,15-/m0/s1. The van der Waals surface area contributed by atoms with Crippen molar-refractivity contribution in [2.45, 2.75) is 31.6 Å². The molecule has 1 fully saturated rings. The van der Waals surface area contributed by atoms with Gasteiger partial charge >= 0.3 is 0 Å². The molecular formula is C16H24N2O2. The van der Waals surface area contributed by atoms with E-state index < -0.39 is 11.7 Å². The van der Waals surface area contributed by atoms with Gasteiger partial charge in [0.1, 0.15) is 17.5 Å². The van der Waals surface area contributed by atoms with E-state index in [0.29, 0.717) is 0 Å². The third-order valence-corrected chi connectivity index (χ3v) is 4.55. The van der Waals surface area contributed by atoms with Crippen molar-refractivity contribution in [2.24, 2.45) is 0 Å². The third kappa shape index (κ3) is 2.32. The Morgan fingerprint density at radius 3 is 2.50 bits per heavy atom. The first kappa shape index (κ1) is 13.9. The summed E-state index contributed by atoms with van der Waals surface area (Å²) in [5.41, 5.74) is 0.561. The Morgan fingerprint density at radius 2 is 1.80 bits per heavy atom. The summed E-state index contributed by atoms with van der Waals surface area (Å²) < 4.78 is 5.99. The predicted molar refractivity (Wildman–Crippen MR) is 79.0 cm³/mol. The monoisotopic (exact) mass is 276 g/mol. The zero-order chi connectivity index (χ0) is 14.3. The lowest BCUT2D eigenvalue weighted by Crippen LogP contribution is -2.56. The molecule has 110 valence electrons. The lowest BCUT2D eigenvalue weighted by Gasteiger charge is -2.48. The molecule has 4 nitrogen and oxygen atoms in total. The first-order chi connectivity index (χ1) is 9.49. The molecule has 0 unspecified atom stereocenters. The number of para-hydroxylation sites is 1. The lowest BCUT2D eigenvalue weighted by molar-refractivity contribution is -0.0988. The van der Waals surface area contributed by atoms with E-state index in [9.17, 15) is 5.11 Å². The van der Waals surface area contributed by atoms with Gasteiger partial charge in [-0.1, -0.05) is 18.2 Å².